The molecule has 0 spiro atoms. The predicted molar refractivity (Wildman–Crippen MR) is 44.1 cm³/mol. The van der Waals surface area contributed by atoms with E-state index >= 15 is 0 Å². The molecule has 0 radical (unpaired) electrons. The molecule has 0 aliphatic rings. The minimum Gasteiger partial charge on any atom is -0.206 e. The van der Waals surface area contributed by atoms with Gasteiger partial charge in [-0.2, -0.15) is 13.2 Å². The Hall–Kier alpha value is -0.720. The summed E-state index contributed by atoms with van der Waals surface area (Å²) >= 11 is 2.47. The fraction of sp³-hybridized carbons (Fsp3) is 0.250. The van der Waals surface area contributed by atoms with Crippen LogP contribution in [-0.2, 0) is 6.18 Å². The van der Waals surface area contributed by atoms with Crippen LogP contribution in [0.4, 0.5) is 26.3 Å². The largest absolute Gasteiger partial charge is 0.417 e. The third kappa shape index (κ3) is 2.64. The first-order valence-corrected chi connectivity index (χ1v) is 4.37. The SMILES string of the molecule is Fc1cc(C(F)(F)F)c(Br)cc1C(F)F. The zero-order chi connectivity index (χ0) is 11.8. The Morgan fingerprint density at radius 2 is 1.67 bits per heavy atom. The fourth-order valence-corrected chi connectivity index (χ4v) is 1.53. The van der Waals surface area contributed by atoms with Crippen molar-refractivity contribution in [2.45, 2.75) is 12.6 Å². The Balaban J connectivity index is 3.32. The van der Waals surface area contributed by atoms with Crippen molar-refractivity contribution in [2.75, 3.05) is 0 Å². The third-order valence-corrected chi connectivity index (χ3v) is 2.28. The minimum atomic E-state index is -4.78. The molecule has 0 atom stereocenters. The van der Waals surface area contributed by atoms with Crippen molar-refractivity contribution in [1.29, 1.82) is 0 Å². The lowest BCUT2D eigenvalue weighted by atomic mass is 10.1. The maximum absolute atomic E-state index is 12.8. The van der Waals surface area contributed by atoms with E-state index in [9.17, 15) is 26.3 Å². The maximum atomic E-state index is 12.8. The summed E-state index contributed by atoms with van der Waals surface area (Å²) in [4.78, 5) is 0. The normalized spacial score (nSPS) is 12.3. The van der Waals surface area contributed by atoms with Crippen LogP contribution in [0.25, 0.3) is 0 Å². The van der Waals surface area contributed by atoms with E-state index in [0.717, 1.165) is 0 Å². The molecule has 1 rings (SSSR count). The summed E-state index contributed by atoms with van der Waals surface area (Å²) in [6.07, 6.45) is -7.93. The van der Waals surface area contributed by atoms with E-state index in [0.29, 0.717) is 6.07 Å². The number of alkyl halides is 5. The highest BCUT2D eigenvalue weighted by atomic mass is 79.9. The topological polar surface area (TPSA) is 0 Å². The van der Waals surface area contributed by atoms with Crippen molar-refractivity contribution >= 4 is 15.9 Å². The molecule has 0 saturated heterocycles. The van der Waals surface area contributed by atoms with Gasteiger partial charge in [-0.1, -0.05) is 15.9 Å². The molecular formula is C8H3BrF6. The highest BCUT2D eigenvalue weighted by molar-refractivity contribution is 9.10. The van der Waals surface area contributed by atoms with E-state index in [1.165, 1.54) is 0 Å². The van der Waals surface area contributed by atoms with Gasteiger partial charge >= 0.3 is 6.18 Å². The second-order valence-electron chi connectivity index (χ2n) is 2.65. The molecule has 1 aromatic rings. The van der Waals surface area contributed by atoms with Crippen LogP contribution in [0, 0.1) is 5.82 Å². The van der Waals surface area contributed by atoms with Crippen LogP contribution in [0.1, 0.15) is 17.6 Å². The highest BCUT2D eigenvalue weighted by Gasteiger charge is 2.34. The highest BCUT2D eigenvalue weighted by Crippen LogP contribution is 2.37. The van der Waals surface area contributed by atoms with Gasteiger partial charge in [-0.3, -0.25) is 0 Å². The zero-order valence-electron chi connectivity index (χ0n) is 6.88. The summed E-state index contributed by atoms with van der Waals surface area (Å²) in [7, 11) is 0. The molecule has 1 aromatic carbocycles. The summed E-state index contributed by atoms with van der Waals surface area (Å²) < 4.78 is 72.9. The Morgan fingerprint density at radius 3 is 2.07 bits per heavy atom. The molecule has 0 nitrogen and oxygen atoms in total. The van der Waals surface area contributed by atoms with Gasteiger partial charge in [0.15, 0.2) is 0 Å². The molecule has 84 valence electrons. The van der Waals surface area contributed by atoms with Gasteiger partial charge in [-0.25, -0.2) is 13.2 Å². The standard InChI is InChI=1S/C8H3BrF6/c9-5-1-3(7(11)12)6(10)2-4(5)8(13,14)15/h1-2,7H. The number of hydrogen-bond donors (Lipinski definition) is 0. The van der Waals surface area contributed by atoms with E-state index in [2.05, 4.69) is 15.9 Å². The summed E-state index contributed by atoms with van der Waals surface area (Å²) in [6.45, 7) is 0. The number of hydrogen-bond acceptors (Lipinski definition) is 0. The van der Waals surface area contributed by atoms with E-state index in [4.69, 9.17) is 0 Å². The second-order valence-corrected chi connectivity index (χ2v) is 3.51. The lowest BCUT2D eigenvalue weighted by Crippen LogP contribution is -2.08. The smallest absolute Gasteiger partial charge is 0.206 e. The Morgan fingerprint density at radius 1 is 1.13 bits per heavy atom. The van der Waals surface area contributed by atoms with E-state index < -0.39 is 34.0 Å². The van der Waals surface area contributed by atoms with Crippen molar-refractivity contribution in [3.8, 4) is 0 Å². The average Bonchev–Trinajstić information content (AvgIpc) is 2.06. The molecule has 0 amide bonds. The predicted octanol–water partition coefficient (Wildman–Crippen LogP) is 4.54. The zero-order valence-corrected chi connectivity index (χ0v) is 8.46. The van der Waals surface area contributed by atoms with Crippen LogP contribution < -0.4 is 0 Å². The third-order valence-electron chi connectivity index (χ3n) is 1.63. The quantitative estimate of drug-likeness (QED) is 0.667. The molecule has 0 saturated carbocycles. The molecule has 0 aliphatic heterocycles. The van der Waals surface area contributed by atoms with Crippen LogP contribution >= 0.6 is 15.9 Å². The van der Waals surface area contributed by atoms with Crippen molar-refractivity contribution < 1.29 is 26.3 Å². The summed E-state index contributed by atoms with van der Waals surface area (Å²) in [5.74, 6) is -1.57. The first-order chi connectivity index (χ1) is 6.73. The van der Waals surface area contributed by atoms with Crippen molar-refractivity contribution in [2.24, 2.45) is 0 Å². The molecular weight excluding hydrogens is 290 g/mol. The van der Waals surface area contributed by atoms with Crippen LogP contribution in [-0.4, -0.2) is 0 Å². The van der Waals surface area contributed by atoms with Gasteiger partial charge in [0, 0.05) is 4.47 Å². The monoisotopic (exact) mass is 292 g/mol. The number of halogens is 7. The molecule has 15 heavy (non-hydrogen) atoms. The lowest BCUT2D eigenvalue weighted by Gasteiger charge is -2.11. The average molecular weight is 293 g/mol. The van der Waals surface area contributed by atoms with E-state index in [1.54, 1.807) is 0 Å². The fourth-order valence-electron chi connectivity index (χ4n) is 0.947. The molecule has 0 fully saturated rings. The van der Waals surface area contributed by atoms with Gasteiger partial charge in [0.2, 0.25) is 0 Å². The van der Waals surface area contributed by atoms with Gasteiger partial charge in [-0.05, 0) is 12.1 Å². The Bertz CT molecular complexity index is 370. The summed E-state index contributed by atoms with van der Waals surface area (Å²) in [6, 6.07) is 0.481. The van der Waals surface area contributed by atoms with Gasteiger partial charge in [0.25, 0.3) is 6.43 Å². The van der Waals surface area contributed by atoms with Crippen molar-refractivity contribution in [3.63, 3.8) is 0 Å². The van der Waals surface area contributed by atoms with Crippen LogP contribution in [0.15, 0.2) is 16.6 Å². The van der Waals surface area contributed by atoms with E-state index in [1.807, 2.05) is 0 Å². The summed E-state index contributed by atoms with van der Waals surface area (Å²) in [5.41, 5.74) is -2.38. The molecule has 0 bridgehead atoms. The molecule has 0 aromatic heterocycles. The van der Waals surface area contributed by atoms with Gasteiger partial charge in [0.05, 0.1) is 11.1 Å². The molecule has 0 heterocycles. The summed E-state index contributed by atoms with van der Waals surface area (Å²) in [5, 5.41) is 0. The number of rotatable bonds is 1. The van der Waals surface area contributed by atoms with Gasteiger partial charge < -0.3 is 0 Å². The van der Waals surface area contributed by atoms with Crippen molar-refractivity contribution in [1.82, 2.24) is 0 Å². The van der Waals surface area contributed by atoms with Crippen LogP contribution in [0.3, 0.4) is 0 Å². The Kier molecular flexibility index (Phi) is 3.32. The molecule has 0 aliphatic carbocycles. The first kappa shape index (κ1) is 12.4. The van der Waals surface area contributed by atoms with Gasteiger partial charge in [0.1, 0.15) is 5.82 Å². The number of benzene rings is 1. The van der Waals surface area contributed by atoms with E-state index in [-0.39, 0.29) is 6.07 Å². The van der Waals surface area contributed by atoms with Gasteiger partial charge in [-0.15, -0.1) is 0 Å². The Labute approximate surface area is 89.0 Å². The lowest BCUT2D eigenvalue weighted by molar-refractivity contribution is -0.138. The minimum absolute atomic E-state index is 0.0472. The molecule has 0 unspecified atom stereocenters. The molecule has 7 heteroatoms. The molecule has 0 N–H and O–H groups in total. The second kappa shape index (κ2) is 4.03. The van der Waals surface area contributed by atoms with Crippen LogP contribution in [0.2, 0.25) is 0 Å². The first-order valence-electron chi connectivity index (χ1n) is 3.57. The van der Waals surface area contributed by atoms with Crippen molar-refractivity contribution in [3.05, 3.63) is 33.5 Å². The van der Waals surface area contributed by atoms with Crippen LogP contribution in [0.5, 0.6) is 0 Å². The maximum Gasteiger partial charge on any atom is 0.417 e.